The van der Waals surface area contributed by atoms with Gasteiger partial charge in [-0.15, -0.1) is 0 Å². The Morgan fingerprint density at radius 2 is 2.04 bits per heavy atom. The van der Waals surface area contributed by atoms with Crippen molar-refractivity contribution >= 4 is 5.91 Å². The first kappa shape index (κ1) is 17.7. The number of nitrogens with one attached hydrogen (secondary N) is 1. The number of ether oxygens (including phenoxy) is 1. The topological polar surface area (TPSA) is 56.2 Å². The molecule has 0 radical (unpaired) electrons. The highest BCUT2D eigenvalue weighted by molar-refractivity contribution is 5.77. The lowest BCUT2D eigenvalue weighted by Gasteiger charge is -2.19. The highest BCUT2D eigenvalue weighted by Gasteiger charge is 2.21. The van der Waals surface area contributed by atoms with E-state index in [2.05, 4.69) is 10.3 Å². The van der Waals surface area contributed by atoms with Crippen molar-refractivity contribution in [2.24, 2.45) is 7.05 Å². The zero-order chi connectivity index (χ0) is 18.4. The summed E-state index contributed by atoms with van der Waals surface area (Å²) in [4.78, 5) is 16.7. The second kappa shape index (κ2) is 8.29. The van der Waals surface area contributed by atoms with E-state index in [0.717, 1.165) is 0 Å². The fraction of sp³-hybridized carbons (Fsp3) is 0.200. The van der Waals surface area contributed by atoms with E-state index in [9.17, 15) is 9.18 Å². The van der Waals surface area contributed by atoms with Crippen LogP contribution in [-0.4, -0.2) is 22.1 Å². The summed E-state index contributed by atoms with van der Waals surface area (Å²) in [6, 6.07) is 14.9. The minimum atomic E-state index is -0.532. The van der Waals surface area contributed by atoms with Gasteiger partial charge in [-0.05, 0) is 29.8 Å². The molecule has 0 fully saturated rings. The van der Waals surface area contributed by atoms with Crippen LogP contribution in [0, 0.1) is 5.82 Å². The summed E-state index contributed by atoms with van der Waals surface area (Å²) >= 11 is 0. The minimum absolute atomic E-state index is 0.186. The van der Waals surface area contributed by atoms with Gasteiger partial charge in [0.15, 0.2) is 0 Å². The van der Waals surface area contributed by atoms with E-state index >= 15 is 0 Å². The lowest BCUT2D eigenvalue weighted by Crippen LogP contribution is -2.32. The van der Waals surface area contributed by atoms with Gasteiger partial charge in [-0.3, -0.25) is 4.79 Å². The first-order valence-electron chi connectivity index (χ1n) is 8.33. The fourth-order valence-electron chi connectivity index (χ4n) is 2.65. The first-order chi connectivity index (χ1) is 12.6. The molecule has 0 aliphatic carbocycles. The number of imidazole rings is 1. The van der Waals surface area contributed by atoms with Crippen LogP contribution >= 0.6 is 0 Å². The van der Waals surface area contributed by atoms with E-state index in [0.29, 0.717) is 17.1 Å². The molecular formula is C20H20FN3O2. The van der Waals surface area contributed by atoms with Crippen molar-refractivity contribution < 1.29 is 13.9 Å². The van der Waals surface area contributed by atoms with Crippen LogP contribution in [0.25, 0.3) is 0 Å². The molecule has 26 heavy (non-hydrogen) atoms. The van der Waals surface area contributed by atoms with Crippen molar-refractivity contribution in [3.8, 4) is 5.75 Å². The summed E-state index contributed by atoms with van der Waals surface area (Å²) in [5.74, 6) is 0.792. The Morgan fingerprint density at radius 1 is 1.23 bits per heavy atom. The molecule has 0 unspecified atom stereocenters. The van der Waals surface area contributed by atoms with Crippen molar-refractivity contribution in [2.45, 2.75) is 12.5 Å². The van der Waals surface area contributed by atoms with Crippen LogP contribution in [0.1, 0.15) is 23.9 Å². The van der Waals surface area contributed by atoms with Crippen molar-refractivity contribution in [3.63, 3.8) is 0 Å². The Hall–Kier alpha value is -3.15. The molecule has 1 heterocycles. The zero-order valence-electron chi connectivity index (χ0n) is 14.4. The van der Waals surface area contributed by atoms with E-state index in [1.807, 2.05) is 37.4 Å². The van der Waals surface area contributed by atoms with Crippen LogP contribution in [0.5, 0.6) is 5.75 Å². The Labute approximate surface area is 151 Å². The van der Waals surface area contributed by atoms with Gasteiger partial charge in [0.05, 0.1) is 13.0 Å². The molecule has 1 aromatic heterocycles. The van der Waals surface area contributed by atoms with Crippen LogP contribution in [0.15, 0.2) is 67.0 Å². The standard InChI is InChI=1S/C20H20FN3O2/c1-24-12-11-22-20(24)19(15-6-5-7-16(21)14-15)23-18(25)10-13-26-17-8-3-2-4-9-17/h2-9,11-12,14,19H,10,13H2,1H3,(H,23,25)/t19-/m1/s1. The molecule has 0 aliphatic heterocycles. The number of amides is 1. The molecule has 0 bridgehead atoms. The average Bonchev–Trinajstić information content (AvgIpc) is 3.06. The van der Waals surface area contributed by atoms with E-state index in [-0.39, 0.29) is 24.8 Å². The Kier molecular flexibility index (Phi) is 5.63. The monoisotopic (exact) mass is 353 g/mol. The summed E-state index contributed by atoms with van der Waals surface area (Å²) in [7, 11) is 1.83. The molecule has 5 nitrogen and oxygen atoms in total. The number of rotatable bonds is 7. The van der Waals surface area contributed by atoms with Gasteiger partial charge in [-0.2, -0.15) is 0 Å². The van der Waals surface area contributed by atoms with Crippen molar-refractivity contribution in [2.75, 3.05) is 6.61 Å². The average molecular weight is 353 g/mol. The summed E-state index contributed by atoms with van der Waals surface area (Å²) in [6.07, 6.45) is 3.61. The van der Waals surface area contributed by atoms with Crippen molar-refractivity contribution in [1.29, 1.82) is 0 Å². The molecular weight excluding hydrogens is 333 g/mol. The second-order valence-electron chi connectivity index (χ2n) is 5.86. The SMILES string of the molecule is Cn1ccnc1[C@H](NC(=O)CCOc1ccccc1)c1cccc(F)c1. The number of para-hydroxylation sites is 1. The normalized spacial score (nSPS) is 11.8. The first-order valence-corrected chi connectivity index (χ1v) is 8.33. The van der Waals surface area contributed by atoms with Gasteiger partial charge >= 0.3 is 0 Å². The Balaban J connectivity index is 1.67. The van der Waals surface area contributed by atoms with Gasteiger partial charge in [-0.25, -0.2) is 9.37 Å². The predicted molar refractivity (Wildman–Crippen MR) is 96.1 cm³/mol. The predicted octanol–water partition coefficient (Wildman–Crippen LogP) is 3.23. The molecule has 6 heteroatoms. The molecule has 0 aliphatic rings. The van der Waals surface area contributed by atoms with Gasteiger partial charge in [-0.1, -0.05) is 30.3 Å². The summed E-state index contributed by atoms with van der Waals surface area (Å²) in [6.45, 7) is 0.256. The molecule has 3 aromatic rings. The van der Waals surface area contributed by atoms with Gasteiger partial charge in [0.2, 0.25) is 5.91 Å². The molecule has 0 saturated heterocycles. The summed E-state index contributed by atoms with van der Waals surface area (Å²) in [5.41, 5.74) is 0.636. The number of nitrogens with zero attached hydrogens (tertiary/aromatic N) is 2. The minimum Gasteiger partial charge on any atom is -0.493 e. The fourth-order valence-corrected chi connectivity index (χ4v) is 2.65. The lowest BCUT2D eigenvalue weighted by molar-refractivity contribution is -0.122. The number of hydrogen-bond donors (Lipinski definition) is 1. The van der Waals surface area contributed by atoms with E-state index in [1.54, 1.807) is 29.1 Å². The number of halogens is 1. The maximum Gasteiger partial charge on any atom is 0.224 e. The highest BCUT2D eigenvalue weighted by Crippen LogP contribution is 2.21. The number of aryl methyl sites for hydroxylation is 1. The molecule has 1 amide bonds. The molecule has 134 valence electrons. The Bertz CT molecular complexity index is 864. The molecule has 0 saturated carbocycles. The quantitative estimate of drug-likeness (QED) is 0.709. The van der Waals surface area contributed by atoms with Crippen LogP contribution in [-0.2, 0) is 11.8 Å². The smallest absolute Gasteiger partial charge is 0.224 e. The van der Waals surface area contributed by atoms with E-state index in [4.69, 9.17) is 4.74 Å². The van der Waals surface area contributed by atoms with Crippen LogP contribution < -0.4 is 10.1 Å². The third-order valence-electron chi connectivity index (χ3n) is 3.95. The molecule has 1 atom stereocenters. The maximum absolute atomic E-state index is 13.6. The van der Waals surface area contributed by atoms with Gasteiger partial charge in [0.25, 0.3) is 0 Å². The van der Waals surface area contributed by atoms with Gasteiger partial charge in [0, 0.05) is 19.4 Å². The van der Waals surface area contributed by atoms with Crippen LogP contribution in [0.4, 0.5) is 4.39 Å². The number of carbonyl (C=O) groups excluding carboxylic acids is 1. The molecule has 1 N–H and O–H groups in total. The van der Waals surface area contributed by atoms with Gasteiger partial charge < -0.3 is 14.6 Å². The van der Waals surface area contributed by atoms with Crippen LogP contribution in [0.3, 0.4) is 0 Å². The van der Waals surface area contributed by atoms with Crippen LogP contribution in [0.2, 0.25) is 0 Å². The maximum atomic E-state index is 13.6. The lowest BCUT2D eigenvalue weighted by atomic mass is 10.1. The molecule has 0 spiro atoms. The van der Waals surface area contributed by atoms with Crippen molar-refractivity contribution in [1.82, 2.24) is 14.9 Å². The zero-order valence-corrected chi connectivity index (χ0v) is 14.4. The summed E-state index contributed by atoms with van der Waals surface area (Å²) in [5, 5.41) is 2.92. The Morgan fingerprint density at radius 3 is 2.73 bits per heavy atom. The molecule has 3 rings (SSSR count). The van der Waals surface area contributed by atoms with E-state index < -0.39 is 6.04 Å². The summed E-state index contributed by atoms with van der Waals surface area (Å²) < 4.78 is 21.0. The number of carbonyl (C=O) groups is 1. The largest absolute Gasteiger partial charge is 0.493 e. The van der Waals surface area contributed by atoms with E-state index in [1.165, 1.54) is 12.1 Å². The molecule has 2 aromatic carbocycles. The van der Waals surface area contributed by atoms with Crippen molar-refractivity contribution in [3.05, 3.63) is 84.2 Å². The number of benzene rings is 2. The third kappa shape index (κ3) is 4.47. The van der Waals surface area contributed by atoms with Gasteiger partial charge in [0.1, 0.15) is 23.4 Å². The number of hydrogen-bond acceptors (Lipinski definition) is 3. The number of aromatic nitrogens is 2. The third-order valence-corrected chi connectivity index (χ3v) is 3.95. The second-order valence-corrected chi connectivity index (χ2v) is 5.86. The highest BCUT2D eigenvalue weighted by atomic mass is 19.1.